The zero-order valence-corrected chi connectivity index (χ0v) is 18.0. The molecule has 0 spiro atoms. The molecule has 2 heterocycles. The number of hydrogen-bond donors (Lipinski definition) is 1. The number of fused-ring (bicyclic) bond motifs is 2. The van der Waals surface area contributed by atoms with Gasteiger partial charge in [0.1, 0.15) is 5.82 Å². The van der Waals surface area contributed by atoms with Crippen molar-refractivity contribution in [3.05, 3.63) is 58.7 Å². The summed E-state index contributed by atoms with van der Waals surface area (Å²) in [6.07, 6.45) is 2.70. The zero-order valence-electron chi connectivity index (χ0n) is 18.0. The van der Waals surface area contributed by atoms with Gasteiger partial charge in [-0.25, -0.2) is 4.39 Å². The molecule has 4 aromatic rings. The fourth-order valence-corrected chi connectivity index (χ4v) is 4.43. The number of aromatic amines is 1. The van der Waals surface area contributed by atoms with Crippen LogP contribution in [0.15, 0.2) is 30.5 Å². The molecule has 0 saturated carbocycles. The standard InChI is InChI=1S/C24H26FN3O2/c1-13(2)24-18(7-9-21(29)30-5)22-15(4)23-16(12-26-27-23)11-20(22)28(24)17-6-8-19(25)14(3)10-17/h6,8,10-13H,7,9H2,1-5H3,(H,26,27). The zero-order chi connectivity index (χ0) is 21.6. The van der Waals surface area contributed by atoms with Crippen molar-refractivity contribution >= 4 is 27.8 Å². The Morgan fingerprint density at radius 1 is 1.27 bits per heavy atom. The van der Waals surface area contributed by atoms with Crippen LogP contribution in [0, 0.1) is 19.7 Å². The van der Waals surface area contributed by atoms with E-state index in [0.29, 0.717) is 18.4 Å². The van der Waals surface area contributed by atoms with Crippen molar-refractivity contribution in [3.8, 4) is 5.69 Å². The van der Waals surface area contributed by atoms with Gasteiger partial charge in [0.2, 0.25) is 0 Å². The summed E-state index contributed by atoms with van der Waals surface area (Å²) < 4.78 is 21.1. The molecule has 0 bridgehead atoms. The van der Waals surface area contributed by atoms with Crippen molar-refractivity contribution in [2.24, 2.45) is 0 Å². The minimum atomic E-state index is -0.233. The van der Waals surface area contributed by atoms with Gasteiger partial charge in [-0.1, -0.05) is 13.8 Å². The number of methoxy groups -OCH3 is 1. The molecule has 6 heteroatoms. The van der Waals surface area contributed by atoms with Gasteiger partial charge < -0.3 is 9.30 Å². The molecule has 0 radical (unpaired) electrons. The van der Waals surface area contributed by atoms with E-state index in [-0.39, 0.29) is 17.7 Å². The van der Waals surface area contributed by atoms with Crippen molar-refractivity contribution in [1.82, 2.24) is 14.8 Å². The normalized spacial score (nSPS) is 11.7. The number of aromatic nitrogens is 3. The van der Waals surface area contributed by atoms with Gasteiger partial charge >= 0.3 is 5.97 Å². The lowest BCUT2D eigenvalue weighted by molar-refractivity contribution is -0.140. The molecular weight excluding hydrogens is 381 g/mol. The van der Waals surface area contributed by atoms with E-state index in [1.165, 1.54) is 13.2 Å². The number of aryl methyl sites for hydroxylation is 3. The van der Waals surface area contributed by atoms with Crippen molar-refractivity contribution in [3.63, 3.8) is 0 Å². The average Bonchev–Trinajstić information content (AvgIpc) is 3.31. The van der Waals surface area contributed by atoms with Crippen LogP contribution in [0.25, 0.3) is 27.5 Å². The van der Waals surface area contributed by atoms with Crippen LogP contribution in [0.2, 0.25) is 0 Å². The Kier molecular flexibility index (Phi) is 5.10. The number of benzene rings is 2. The second-order valence-corrected chi connectivity index (χ2v) is 8.09. The van der Waals surface area contributed by atoms with E-state index in [9.17, 15) is 9.18 Å². The molecule has 0 amide bonds. The number of halogens is 1. The van der Waals surface area contributed by atoms with Gasteiger partial charge in [-0.2, -0.15) is 5.10 Å². The fourth-order valence-electron chi connectivity index (χ4n) is 4.43. The topological polar surface area (TPSA) is 59.9 Å². The second kappa shape index (κ2) is 7.59. The molecule has 5 nitrogen and oxygen atoms in total. The Morgan fingerprint density at radius 3 is 2.70 bits per heavy atom. The molecule has 2 aromatic carbocycles. The fraction of sp³-hybridized carbons (Fsp3) is 0.333. The average molecular weight is 407 g/mol. The number of carbonyl (C=O) groups is 1. The van der Waals surface area contributed by atoms with Crippen LogP contribution in [-0.2, 0) is 16.0 Å². The number of nitrogens with one attached hydrogen (secondary N) is 1. The van der Waals surface area contributed by atoms with E-state index in [0.717, 1.165) is 44.3 Å². The third-order valence-corrected chi connectivity index (χ3v) is 5.81. The molecule has 30 heavy (non-hydrogen) atoms. The molecule has 1 N–H and O–H groups in total. The summed E-state index contributed by atoms with van der Waals surface area (Å²) in [7, 11) is 1.41. The lowest BCUT2D eigenvalue weighted by atomic mass is 9.96. The van der Waals surface area contributed by atoms with Crippen molar-refractivity contribution < 1.29 is 13.9 Å². The maximum absolute atomic E-state index is 14.0. The van der Waals surface area contributed by atoms with Gasteiger partial charge in [0.15, 0.2) is 0 Å². The molecule has 0 atom stereocenters. The summed E-state index contributed by atoms with van der Waals surface area (Å²) in [5.41, 5.74) is 6.89. The number of hydrogen-bond acceptors (Lipinski definition) is 3. The molecular formula is C24H26FN3O2. The minimum Gasteiger partial charge on any atom is -0.469 e. The van der Waals surface area contributed by atoms with Crippen molar-refractivity contribution in [1.29, 1.82) is 0 Å². The Bertz CT molecular complexity index is 1270. The minimum absolute atomic E-state index is 0.200. The molecule has 156 valence electrons. The van der Waals surface area contributed by atoms with E-state index in [2.05, 4.69) is 41.6 Å². The summed E-state index contributed by atoms with van der Waals surface area (Å²) in [4.78, 5) is 11.9. The van der Waals surface area contributed by atoms with Gasteiger partial charge in [0, 0.05) is 28.6 Å². The highest BCUT2D eigenvalue weighted by Crippen LogP contribution is 2.39. The molecule has 4 rings (SSSR count). The van der Waals surface area contributed by atoms with Crippen LogP contribution >= 0.6 is 0 Å². The van der Waals surface area contributed by atoms with E-state index >= 15 is 0 Å². The SMILES string of the molecule is COC(=O)CCc1c(C(C)C)n(-c2ccc(F)c(C)c2)c2cc3cn[nH]c3c(C)c12. The molecule has 0 unspecified atom stereocenters. The van der Waals surface area contributed by atoms with Crippen LogP contribution in [0.3, 0.4) is 0 Å². The Morgan fingerprint density at radius 2 is 2.03 bits per heavy atom. The summed E-state index contributed by atoms with van der Waals surface area (Å²) in [6, 6.07) is 7.32. The summed E-state index contributed by atoms with van der Waals surface area (Å²) in [5.74, 6) is -0.254. The highest BCUT2D eigenvalue weighted by Gasteiger charge is 2.24. The second-order valence-electron chi connectivity index (χ2n) is 8.09. The smallest absolute Gasteiger partial charge is 0.305 e. The number of ether oxygens (including phenoxy) is 1. The lowest BCUT2D eigenvalue weighted by Crippen LogP contribution is -2.07. The molecule has 0 aliphatic carbocycles. The van der Waals surface area contributed by atoms with E-state index in [1.807, 2.05) is 18.3 Å². The van der Waals surface area contributed by atoms with Crippen LogP contribution in [0.1, 0.15) is 48.6 Å². The molecule has 0 fully saturated rings. The Balaban J connectivity index is 2.10. The molecule has 0 saturated heterocycles. The maximum atomic E-state index is 14.0. The van der Waals surface area contributed by atoms with Crippen LogP contribution in [-0.4, -0.2) is 27.8 Å². The van der Waals surface area contributed by atoms with Gasteiger partial charge in [-0.3, -0.25) is 9.89 Å². The highest BCUT2D eigenvalue weighted by atomic mass is 19.1. The third-order valence-electron chi connectivity index (χ3n) is 5.81. The van der Waals surface area contributed by atoms with Crippen molar-refractivity contribution in [2.75, 3.05) is 7.11 Å². The first-order valence-electron chi connectivity index (χ1n) is 10.2. The third kappa shape index (κ3) is 3.16. The van der Waals surface area contributed by atoms with Gasteiger partial charge in [0.05, 0.1) is 24.3 Å². The van der Waals surface area contributed by atoms with E-state index in [4.69, 9.17) is 4.74 Å². The quantitative estimate of drug-likeness (QED) is 0.445. The summed E-state index contributed by atoms with van der Waals surface area (Å²) in [5, 5.41) is 9.44. The van der Waals surface area contributed by atoms with Crippen molar-refractivity contribution in [2.45, 2.75) is 46.5 Å². The number of H-pyrrole nitrogens is 1. The summed E-state index contributed by atoms with van der Waals surface area (Å²) >= 11 is 0. The monoisotopic (exact) mass is 407 g/mol. The first kappa shape index (κ1) is 20.1. The van der Waals surface area contributed by atoms with Crippen LogP contribution in [0.5, 0.6) is 0 Å². The van der Waals surface area contributed by atoms with Gasteiger partial charge in [-0.15, -0.1) is 0 Å². The van der Waals surface area contributed by atoms with E-state index < -0.39 is 0 Å². The Labute approximate surface area is 174 Å². The molecule has 0 aliphatic rings. The first-order chi connectivity index (χ1) is 14.3. The van der Waals surface area contributed by atoms with Gasteiger partial charge in [-0.05, 0) is 67.1 Å². The first-order valence-corrected chi connectivity index (χ1v) is 10.2. The predicted octanol–water partition coefficient (Wildman–Crippen LogP) is 5.49. The Hall–Kier alpha value is -3.15. The largest absolute Gasteiger partial charge is 0.469 e. The maximum Gasteiger partial charge on any atom is 0.305 e. The lowest BCUT2D eigenvalue weighted by Gasteiger charge is -2.16. The van der Waals surface area contributed by atoms with Crippen LogP contribution < -0.4 is 0 Å². The highest BCUT2D eigenvalue weighted by molar-refractivity contribution is 6.02. The van der Waals surface area contributed by atoms with Crippen LogP contribution in [0.4, 0.5) is 4.39 Å². The molecule has 2 aromatic heterocycles. The number of rotatable bonds is 5. The molecule has 0 aliphatic heterocycles. The number of carbonyl (C=O) groups excluding carboxylic acids is 1. The van der Waals surface area contributed by atoms with E-state index in [1.54, 1.807) is 6.92 Å². The number of esters is 1. The van der Waals surface area contributed by atoms with Gasteiger partial charge in [0.25, 0.3) is 0 Å². The predicted molar refractivity (Wildman–Crippen MR) is 117 cm³/mol. The summed E-state index contributed by atoms with van der Waals surface area (Å²) in [6.45, 7) is 8.14. The number of nitrogens with zero attached hydrogens (tertiary/aromatic N) is 2.